The maximum Gasteiger partial charge on any atom is 0.266 e. The van der Waals surface area contributed by atoms with Gasteiger partial charge in [0.1, 0.15) is 11.5 Å². The van der Waals surface area contributed by atoms with E-state index in [9.17, 15) is 19.2 Å². The van der Waals surface area contributed by atoms with Gasteiger partial charge in [-0.2, -0.15) is 0 Å². The van der Waals surface area contributed by atoms with Crippen LogP contribution in [-0.2, 0) is 0 Å². The minimum atomic E-state index is -0.511. The van der Waals surface area contributed by atoms with Crippen LogP contribution in [0.15, 0.2) is 97.1 Å². The minimum Gasteiger partial charge on any atom is -0.457 e. The van der Waals surface area contributed by atoms with Crippen molar-refractivity contribution in [3.63, 3.8) is 0 Å². The molecule has 4 aromatic carbocycles. The largest absolute Gasteiger partial charge is 0.457 e. The standard InChI is InChI=1S/C28H16N2O5/c31-25-21-11-4-5-12-22(21)26(32)29(25)17-7-6-8-18(15-17)30-27(33)23-14-13-20(16-24(23)28(30)34)35-19-9-2-1-3-10-19/h1-16H. The van der Waals surface area contributed by atoms with E-state index in [1.807, 2.05) is 18.2 Å². The van der Waals surface area contributed by atoms with Crippen molar-refractivity contribution < 1.29 is 23.9 Å². The second-order valence-corrected chi connectivity index (χ2v) is 8.08. The van der Waals surface area contributed by atoms with Crippen molar-refractivity contribution in [2.45, 2.75) is 0 Å². The highest BCUT2D eigenvalue weighted by Crippen LogP contribution is 2.35. The van der Waals surface area contributed by atoms with Crippen LogP contribution >= 0.6 is 0 Å². The Morgan fingerprint density at radius 3 is 1.54 bits per heavy atom. The number of rotatable bonds is 4. The molecule has 4 aromatic rings. The number of benzene rings is 4. The van der Waals surface area contributed by atoms with Crippen molar-refractivity contribution in [2.75, 3.05) is 9.80 Å². The zero-order valence-corrected chi connectivity index (χ0v) is 18.2. The molecular weight excluding hydrogens is 444 g/mol. The molecule has 0 radical (unpaired) electrons. The van der Waals surface area contributed by atoms with E-state index in [2.05, 4.69) is 0 Å². The SMILES string of the molecule is O=C1c2ccccc2C(=O)N1c1cccc(N2C(=O)c3ccc(Oc4ccccc4)cc3C2=O)c1. The van der Waals surface area contributed by atoms with Crippen molar-refractivity contribution in [3.8, 4) is 11.5 Å². The number of imide groups is 2. The molecule has 6 rings (SSSR count). The number of hydrogen-bond donors (Lipinski definition) is 0. The summed E-state index contributed by atoms with van der Waals surface area (Å²) in [4.78, 5) is 54.2. The first kappa shape index (κ1) is 20.6. The molecule has 0 N–H and O–H groups in total. The lowest BCUT2D eigenvalue weighted by Gasteiger charge is -2.18. The van der Waals surface area contributed by atoms with Gasteiger partial charge in [0.15, 0.2) is 0 Å². The van der Waals surface area contributed by atoms with Gasteiger partial charge in [0.2, 0.25) is 0 Å². The molecule has 2 heterocycles. The molecule has 0 spiro atoms. The first-order valence-electron chi connectivity index (χ1n) is 10.9. The molecule has 4 amide bonds. The molecule has 0 atom stereocenters. The summed E-state index contributed by atoms with van der Waals surface area (Å²) in [5.41, 5.74) is 1.63. The summed E-state index contributed by atoms with van der Waals surface area (Å²) in [6.45, 7) is 0. The Labute approximate surface area is 199 Å². The highest BCUT2D eigenvalue weighted by Gasteiger charge is 2.39. The minimum absolute atomic E-state index is 0.217. The van der Waals surface area contributed by atoms with Gasteiger partial charge < -0.3 is 4.74 Å². The summed E-state index contributed by atoms with van der Waals surface area (Å²) in [5, 5.41) is 0. The van der Waals surface area contributed by atoms with E-state index in [0.717, 1.165) is 9.80 Å². The number of nitrogens with zero attached hydrogens (tertiary/aromatic N) is 2. The Hall–Kier alpha value is -5.04. The van der Waals surface area contributed by atoms with Gasteiger partial charge >= 0.3 is 0 Å². The predicted molar refractivity (Wildman–Crippen MR) is 128 cm³/mol. The molecule has 0 fully saturated rings. The van der Waals surface area contributed by atoms with Crippen LogP contribution in [0, 0.1) is 0 Å². The van der Waals surface area contributed by atoms with Crippen LogP contribution in [0.2, 0.25) is 0 Å². The fourth-order valence-corrected chi connectivity index (χ4v) is 4.34. The molecule has 0 saturated heterocycles. The number of anilines is 2. The van der Waals surface area contributed by atoms with Crippen LogP contribution in [0.4, 0.5) is 11.4 Å². The second-order valence-electron chi connectivity index (χ2n) is 8.08. The smallest absolute Gasteiger partial charge is 0.266 e. The molecule has 0 aliphatic carbocycles. The lowest BCUT2D eigenvalue weighted by Crippen LogP contribution is -2.31. The van der Waals surface area contributed by atoms with Gasteiger partial charge in [0.05, 0.1) is 33.6 Å². The normalized spacial score (nSPS) is 14.4. The first-order chi connectivity index (χ1) is 17.0. The number of carbonyl (C=O) groups excluding carboxylic acids is 4. The number of carbonyl (C=O) groups is 4. The molecule has 7 heteroatoms. The fraction of sp³-hybridized carbons (Fsp3) is 0. The highest BCUT2D eigenvalue weighted by molar-refractivity contribution is 6.36. The van der Waals surface area contributed by atoms with Gasteiger partial charge in [-0.3, -0.25) is 19.2 Å². The van der Waals surface area contributed by atoms with Crippen LogP contribution in [0.5, 0.6) is 11.5 Å². The molecule has 7 nitrogen and oxygen atoms in total. The molecule has 168 valence electrons. The number of para-hydroxylation sites is 1. The zero-order valence-electron chi connectivity index (χ0n) is 18.2. The molecule has 0 bridgehead atoms. The lowest BCUT2D eigenvalue weighted by molar-refractivity contribution is 0.0912. The lowest BCUT2D eigenvalue weighted by atomic mass is 10.1. The number of amides is 4. The van der Waals surface area contributed by atoms with E-state index in [0.29, 0.717) is 22.6 Å². The van der Waals surface area contributed by atoms with Crippen LogP contribution in [0.1, 0.15) is 41.4 Å². The quantitative estimate of drug-likeness (QED) is 0.397. The highest BCUT2D eigenvalue weighted by atomic mass is 16.5. The van der Waals surface area contributed by atoms with Crippen LogP contribution < -0.4 is 14.5 Å². The van der Waals surface area contributed by atoms with Gasteiger partial charge in [-0.15, -0.1) is 0 Å². The molecule has 0 unspecified atom stereocenters. The number of hydrogen-bond acceptors (Lipinski definition) is 5. The van der Waals surface area contributed by atoms with E-state index in [4.69, 9.17) is 4.74 Å². The summed E-state index contributed by atoms with van der Waals surface area (Å²) < 4.78 is 5.81. The Bertz CT molecular complexity index is 1530. The van der Waals surface area contributed by atoms with E-state index in [1.54, 1.807) is 66.7 Å². The topological polar surface area (TPSA) is 84.0 Å². The average Bonchev–Trinajstić information content (AvgIpc) is 3.29. The third-order valence-corrected chi connectivity index (χ3v) is 5.98. The summed E-state index contributed by atoms with van der Waals surface area (Å²) in [5.74, 6) is -0.869. The van der Waals surface area contributed by atoms with E-state index in [1.165, 1.54) is 12.1 Å². The third-order valence-electron chi connectivity index (χ3n) is 5.98. The number of fused-ring (bicyclic) bond motifs is 2. The van der Waals surface area contributed by atoms with Crippen molar-refractivity contribution in [1.29, 1.82) is 0 Å². The van der Waals surface area contributed by atoms with E-state index in [-0.39, 0.29) is 22.5 Å². The Balaban J connectivity index is 1.32. The second kappa shape index (κ2) is 7.78. The predicted octanol–water partition coefficient (Wildman–Crippen LogP) is 5.08. The average molecular weight is 460 g/mol. The van der Waals surface area contributed by atoms with Crippen molar-refractivity contribution in [2.24, 2.45) is 0 Å². The molecule has 35 heavy (non-hydrogen) atoms. The van der Waals surface area contributed by atoms with Crippen LogP contribution in [0.3, 0.4) is 0 Å². The Morgan fingerprint density at radius 1 is 0.429 bits per heavy atom. The Kier molecular flexibility index (Phi) is 4.57. The van der Waals surface area contributed by atoms with Crippen molar-refractivity contribution >= 4 is 35.0 Å². The molecule has 2 aliphatic heterocycles. The molecular formula is C28H16N2O5. The summed E-state index contributed by atoms with van der Waals surface area (Å²) in [6, 6.07) is 26.7. The summed E-state index contributed by atoms with van der Waals surface area (Å²) in [7, 11) is 0. The van der Waals surface area contributed by atoms with Gasteiger partial charge in [-0.25, -0.2) is 9.80 Å². The maximum absolute atomic E-state index is 13.3. The van der Waals surface area contributed by atoms with Crippen LogP contribution in [-0.4, -0.2) is 23.6 Å². The molecule has 2 aliphatic rings. The summed E-state index contributed by atoms with van der Waals surface area (Å²) in [6.07, 6.45) is 0. The van der Waals surface area contributed by atoms with Gasteiger partial charge in [0.25, 0.3) is 23.6 Å². The first-order valence-corrected chi connectivity index (χ1v) is 10.9. The summed E-state index contributed by atoms with van der Waals surface area (Å²) >= 11 is 0. The maximum atomic E-state index is 13.3. The van der Waals surface area contributed by atoms with Crippen molar-refractivity contribution in [3.05, 3.63) is 119 Å². The Morgan fingerprint density at radius 2 is 0.943 bits per heavy atom. The van der Waals surface area contributed by atoms with Crippen molar-refractivity contribution in [1.82, 2.24) is 0 Å². The number of ether oxygens (including phenoxy) is 1. The molecule has 0 aromatic heterocycles. The fourth-order valence-electron chi connectivity index (χ4n) is 4.34. The van der Waals surface area contributed by atoms with Gasteiger partial charge in [-0.05, 0) is 60.7 Å². The van der Waals surface area contributed by atoms with E-state index < -0.39 is 23.6 Å². The zero-order chi connectivity index (χ0) is 24.1. The molecule has 0 saturated carbocycles. The van der Waals surface area contributed by atoms with Gasteiger partial charge in [-0.1, -0.05) is 36.4 Å². The van der Waals surface area contributed by atoms with Crippen LogP contribution in [0.25, 0.3) is 0 Å². The van der Waals surface area contributed by atoms with Gasteiger partial charge in [0, 0.05) is 0 Å². The third kappa shape index (κ3) is 3.21. The monoisotopic (exact) mass is 460 g/mol. The van der Waals surface area contributed by atoms with E-state index >= 15 is 0 Å².